The zero-order valence-corrected chi connectivity index (χ0v) is 20.6. The van der Waals surface area contributed by atoms with Gasteiger partial charge in [0.05, 0.1) is 0 Å². The van der Waals surface area contributed by atoms with Crippen LogP contribution in [-0.2, 0) is 26.7 Å². The summed E-state index contributed by atoms with van der Waals surface area (Å²) < 4.78 is 70.2. The molecule has 0 fully saturated rings. The summed E-state index contributed by atoms with van der Waals surface area (Å²) >= 11 is -2.44. The molecular formula is C19H24F3NO4SSeSi. The summed E-state index contributed by atoms with van der Waals surface area (Å²) in [6, 6.07) is 18.1. The van der Waals surface area contributed by atoms with E-state index in [-0.39, 0.29) is 0 Å². The standard InChI is InChI=1S/C18H24NOSeSi.CHF3O3S/c1-19-13-15-9-5-7-11-17(15)21(19,20-22(2,3)4)18-12-8-6-10-16(18)14-19;2-1(3,4)8(5,6)7/h5-12H,13-14H2,1-4H3;(H,5,6,7)/q+1;/p-1. The zero-order chi connectivity index (χ0) is 22.6. The Kier molecular flexibility index (Phi) is 5.82. The molecule has 0 saturated carbocycles. The molecule has 0 N–H and O–H groups in total. The van der Waals surface area contributed by atoms with Gasteiger partial charge in [0, 0.05) is 0 Å². The molecule has 2 aromatic rings. The number of fused-ring (bicyclic) bond motifs is 5. The monoisotopic (exact) mass is 527 g/mol. The normalized spacial score (nSPS) is 27.2. The number of benzene rings is 2. The summed E-state index contributed by atoms with van der Waals surface area (Å²) in [5.41, 5.74) is -2.62. The van der Waals surface area contributed by atoms with Gasteiger partial charge >= 0.3 is 143 Å². The van der Waals surface area contributed by atoms with Gasteiger partial charge in [-0.15, -0.1) is 0 Å². The van der Waals surface area contributed by atoms with E-state index in [1.54, 1.807) is 0 Å². The summed E-state index contributed by atoms with van der Waals surface area (Å²) in [6.07, 6.45) is 0. The van der Waals surface area contributed by atoms with Crippen LogP contribution in [0.25, 0.3) is 0 Å². The molecule has 166 valence electrons. The van der Waals surface area contributed by atoms with Crippen molar-refractivity contribution in [3.63, 3.8) is 0 Å². The van der Waals surface area contributed by atoms with Crippen molar-refractivity contribution >= 4 is 40.8 Å². The van der Waals surface area contributed by atoms with Gasteiger partial charge in [0.15, 0.2) is 10.1 Å². The number of quaternary nitrogens is 1. The van der Waals surface area contributed by atoms with Crippen molar-refractivity contribution in [3.8, 4) is 0 Å². The predicted octanol–water partition coefficient (Wildman–Crippen LogP) is 2.62. The maximum absolute atomic E-state index is 10.7. The van der Waals surface area contributed by atoms with Gasteiger partial charge in [-0.25, -0.2) is 8.42 Å². The molecule has 30 heavy (non-hydrogen) atoms. The van der Waals surface area contributed by atoms with Crippen LogP contribution in [0.2, 0.25) is 19.6 Å². The van der Waals surface area contributed by atoms with Crippen molar-refractivity contribution in [1.82, 2.24) is 0 Å². The van der Waals surface area contributed by atoms with Gasteiger partial charge < -0.3 is 4.55 Å². The first-order valence-corrected chi connectivity index (χ1v) is 17.2. The molecule has 0 saturated heterocycles. The van der Waals surface area contributed by atoms with Gasteiger partial charge in [-0.05, 0) is 0 Å². The van der Waals surface area contributed by atoms with Crippen LogP contribution in [-0.4, -0.2) is 50.7 Å². The maximum atomic E-state index is 10.7. The van der Waals surface area contributed by atoms with Crippen LogP contribution >= 0.6 is 0 Å². The number of hydrogen-bond donors (Lipinski definition) is 0. The predicted molar refractivity (Wildman–Crippen MR) is 112 cm³/mol. The number of halogens is 3. The molecule has 2 heterocycles. The van der Waals surface area contributed by atoms with Crippen molar-refractivity contribution in [3.05, 3.63) is 59.7 Å². The van der Waals surface area contributed by atoms with Crippen LogP contribution < -0.4 is 8.92 Å². The number of rotatable bonds is 2. The van der Waals surface area contributed by atoms with Crippen molar-refractivity contribution in [2.24, 2.45) is 0 Å². The van der Waals surface area contributed by atoms with Gasteiger partial charge in [0.25, 0.3) is 0 Å². The zero-order valence-electron chi connectivity index (χ0n) is 17.1. The van der Waals surface area contributed by atoms with Gasteiger partial charge in [-0.2, -0.15) is 13.2 Å². The average Bonchev–Trinajstić information content (AvgIpc) is 2.95. The fourth-order valence-electron chi connectivity index (χ4n) is 3.90. The minimum atomic E-state index is -6.09. The second kappa shape index (κ2) is 7.44. The van der Waals surface area contributed by atoms with Gasteiger partial charge in [0.2, 0.25) is 0 Å². The maximum Gasteiger partial charge on any atom is 0.485 e. The van der Waals surface area contributed by atoms with Gasteiger partial charge in [-0.3, -0.25) is 0 Å². The molecule has 0 atom stereocenters. The van der Waals surface area contributed by atoms with Gasteiger partial charge in [-0.1, -0.05) is 0 Å². The largest absolute Gasteiger partial charge is 0.741 e. The van der Waals surface area contributed by atoms with E-state index in [0.717, 1.165) is 16.6 Å². The van der Waals surface area contributed by atoms with E-state index in [2.05, 4.69) is 75.2 Å². The van der Waals surface area contributed by atoms with Crippen LogP contribution in [0, 0.1) is 0 Å². The smallest absolute Gasteiger partial charge is 0.485 e. The van der Waals surface area contributed by atoms with E-state index in [9.17, 15) is 13.2 Å². The number of hydrogen-bond acceptors (Lipinski definition) is 4. The average molecular weight is 527 g/mol. The molecule has 0 aromatic heterocycles. The Morgan fingerprint density at radius 3 is 1.67 bits per heavy atom. The summed E-state index contributed by atoms with van der Waals surface area (Å²) in [5.74, 6) is 0. The molecule has 2 aliphatic heterocycles. The Morgan fingerprint density at radius 2 is 1.33 bits per heavy atom. The number of alkyl halides is 3. The van der Waals surface area contributed by atoms with Crippen molar-refractivity contribution in [2.45, 2.75) is 38.2 Å². The molecule has 11 heteroatoms. The molecule has 0 spiro atoms. The van der Waals surface area contributed by atoms with E-state index in [0.29, 0.717) is 0 Å². The Balaban J connectivity index is 0.000000275. The van der Waals surface area contributed by atoms with E-state index in [1.165, 1.54) is 20.1 Å². The summed E-state index contributed by atoms with van der Waals surface area (Å²) in [4.78, 5) is 0. The first-order chi connectivity index (χ1) is 13.6. The van der Waals surface area contributed by atoms with Crippen molar-refractivity contribution in [1.29, 1.82) is 0 Å². The van der Waals surface area contributed by atoms with E-state index in [1.807, 2.05) is 0 Å². The second-order valence-corrected chi connectivity index (χ2v) is 21.2. The fourth-order valence-corrected chi connectivity index (χ4v) is 18.8. The second-order valence-electron chi connectivity index (χ2n) is 8.45. The van der Waals surface area contributed by atoms with E-state index < -0.39 is 37.3 Å². The van der Waals surface area contributed by atoms with E-state index in [4.69, 9.17) is 16.5 Å². The molecule has 0 bridgehead atoms. The topological polar surface area (TPSA) is 66.4 Å². The summed E-state index contributed by atoms with van der Waals surface area (Å²) in [5, 5.41) is 0. The fraction of sp³-hybridized carbons (Fsp3) is 0.368. The molecule has 4 rings (SSSR count). The van der Waals surface area contributed by atoms with E-state index >= 15 is 0 Å². The molecule has 5 nitrogen and oxygen atoms in total. The Morgan fingerprint density at radius 1 is 0.967 bits per heavy atom. The molecular weight excluding hydrogens is 502 g/mol. The van der Waals surface area contributed by atoms with Crippen LogP contribution in [0.3, 0.4) is 0 Å². The summed E-state index contributed by atoms with van der Waals surface area (Å²) in [6.45, 7) is 9.26. The van der Waals surface area contributed by atoms with Crippen LogP contribution in [0.1, 0.15) is 11.1 Å². The quantitative estimate of drug-likeness (QED) is 0.343. The minimum absolute atomic E-state index is 1.08. The first kappa shape index (κ1) is 23.5. The molecule has 2 aromatic carbocycles. The molecule has 0 unspecified atom stereocenters. The Labute approximate surface area is 178 Å². The van der Waals surface area contributed by atoms with Gasteiger partial charge in [0.1, 0.15) is 0 Å². The van der Waals surface area contributed by atoms with Crippen LogP contribution in [0.15, 0.2) is 48.5 Å². The molecule has 2 aliphatic rings. The number of nitrogens with zero attached hydrogens (tertiary/aromatic N) is 1. The molecule has 0 amide bonds. The Hall–Kier alpha value is -1.20. The first-order valence-electron chi connectivity index (χ1n) is 9.17. The summed E-state index contributed by atoms with van der Waals surface area (Å²) in [7, 11) is -5.31. The van der Waals surface area contributed by atoms with Crippen molar-refractivity contribution < 1.29 is 33.1 Å². The SMILES string of the molecule is C[N+]12Cc3ccccc3[Se]1(O[Si](C)(C)C)c1ccccc1C2.O=S(=O)([O-])C(F)(F)F. The third-order valence-electron chi connectivity index (χ3n) is 4.83. The molecule has 0 aliphatic carbocycles. The minimum Gasteiger partial charge on any atom is -0.741 e. The third-order valence-corrected chi connectivity index (χ3v) is 18.1. The van der Waals surface area contributed by atoms with Crippen molar-refractivity contribution in [2.75, 3.05) is 7.05 Å². The molecule has 0 radical (unpaired) electrons. The third kappa shape index (κ3) is 4.00. The van der Waals surface area contributed by atoms with Crippen LogP contribution in [0.4, 0.5) is 13.2 Å². The Bertz CT molecular complexity index is 1020. The van der Waals surface area contributed by atoms with Crippen LogP contribution in [0.5, 0.6) is 0 Å².